The third-order valence-electron chi connectivity index (χ3n) is 3.21. The molecule has 0 spiro atoms. The fraction of sp³-hybridized carbons (Fsp3) is 0.462. The van der Waals surface area contributed by atoms with E-state index in [1.165, 1.54) is 6.07 Å². The number of morpholine rings is 1. The highest BCUT2D eigenvalue weighted by molar-refractivity contribution is 5.88. The number of halogens is 2. The molecule has 0 aromatic heterocycles. The summed E-state index contributed by atoms with van der Waals surface area (Å²) < 4.78 is 33.1. The lowest BCUT2D eigenvalue weighted by Gasteiger charge is -2.38. The molecule has 1 heterocycles. The van der Waals surface area contributed by atoms with Gasteiger partial charge in [0, 0.05) is 12.6 Å². The van der Waals surface area contributed by atoms with Crippen molar-refractivity contribution in [2.75, 3.05) is 18.1 Å². The Hall–Kier alpha value is -1.69. The van der Waals surface area contributed by atoms with E-state index in [0.29, 0.717) is 13.2 Å². The SMILES string of the molecule is CC1CN(c2ccc(C(=O)O)c(F)c2F)C(C)CO1. The summed E-state index contributed by atoms with van der Waals surface area (Å²) in [5, 5.41) is 8.75. The number of carboxylic acids is 1. The standard InChI is InChI=1S/C13H15F2NO3/c1-7-6-19-8(2)5-16(7)10-4-3-9(13(17)18)11(14)12(10)15/h3-4,7-8H,5-6H2,1-2H3,(H,17,18). The van der Waals surface area contributed by atoms with E-state index in [2.05, 4.69) is 0 Å². The zero-order valence-electron chi connectivity index (χ0n) is 10.7. The number of carboxylic acid groups (broad SMARTS) is 1. The second-order valence-electron chi connectivity index (χ2n) is 4.71. The van der Waals surface area contributed by atoms with E-state index in [9.17, 15) is 13.6 Å². The average Bonchev–Trinajstić information content (AvgIpc) is 2.35. The maximum absolute atomic E-state index is 14.0. The number of benzene rings is 1. The fourth-order valence-corrected chi connectivity index (χ4v) is 2.17. The van der Waals surface area contributed by atoms with Gasteiger partial charge in [-0.2, -0.15) is 0 Å². The van der Waals surface area contributed by atoms with Crippen molar-refractivity contribution >= 4 is 11.7 Å². The third-order valence-corrected chi connectivity index (χ3v) is 3.21. The number of rotatable bonds is 2. The molecule has 1 aliphatic rings. The number of ether oxygens (including phenoxy) is 1. The molecule has 0 bridgehead atoms. The Bertz CT molecular complexity index is 507. The molecule has 1 N–H and O–H groups in total. The molecule has 19 heavy (non-hydrogen) atoms. The molecule has 0 radical (unpaired) electrons. The molecular formula is C13H15F2NO3. The van der Waals surface area contributed by atoms with E-state index in [1.54, 1.807) is 4.90 Å². The Kier molecular flexibility index (Phi) is 3.71. The molecule has 0 amide bonds. The van der Waals surface area contributed by atoms with Gasteiger partial charge in [0.05, 0.1) is 24.0 Å². The van der Waals surface area contributed by atoms with Crippen molar-refractivity contribution in [1.82, 2.24) is 0 Å². The van der Waals surface area contributed by atoms with Gasteiger partial charge >= 0.3 is 5.97 Å². The molecule has 2 atom stereocenters. The average molecular weight is 271 g/mol. The van der Waals surface area contributed by atoms with Gasteiger partial charge in [-0.25, -0.2) is 13.6 Å². The van der Waals surface area contributed by atoms with Crippen LogP contribution in [-0.2, 0) is 4.74 Å². The molecule has 1 fully saturated rings. The van der Waals surface area contributed by atoms with Crippen molar-refractivity contribution in [2.24, 2.45) is 0 Å². The molecule has 2 rings (SSSR count). The first-order valence-electron chi connectivity index (χ1n) is 6.01. The van der Waals surface area contributed by atoms with E-state index < -0.39 is 23.2 Å². The normalized spacial score (nSPS) is 23.5. The van der Waals surface area contributed by atoms with Crippen molar-refractivity contribution in [3.63, 3.8) is 0 Å². The number of hydrogen-bond acceptors (Lipinski definition) is 3. The molecular weight excluding hydrogens is 256 g/mol. The lowest BCUT2D eigenvalue weighted by molar-refractivity contribution is 0.0340. The first kappa shape index (κ1) is 13.7. The highest BCUT2D eigenvalue weighted by atomic mass is 19.2. The van der Waals surface area contributed by atoms with Gasteiger partial charge in [-0.3, -0.25) is 0 Å². The van der Waals surface area contributed by atoms with Crippen LogP contribution in [0, 0.1) is 11.6 Å². The molecule has 0 aliphatic carbocycles. The van der Waals surface area contributed by atoms with Gasteiger partial charge < -0.3 is 14.7 Å². The topological polar surface area (TPSA) is 49.8 Å². The zero-order chi connectivity index (χ0) is 14.2. The van der Waals surface area contributed by atoms with Crippen LogP contribution in [-0.4, -0.2) is 36.4 Å². The van der Waals surface area contributed by atoms with Crippen LogP contribution in [0.3, 0.4) is 0 Å². The summed E-state index contributed by atoms with van der Waals surface area (Å²) in [7, 11) is 0. The minimum Gasteiger partial charge on any atom is -0.478 e. The lowest BCUT2D eigenvalue weighted by atomic mass is 10.1. The summed E-state index contributed by atoms with van der Waals surface area (Å²) >= 11 is 0. The van der Waals surface area contributed by atoms with E-state index in [1.807, 2.05) is 13.8 Å². The van der Waals surface area contributed by atoms with Crippen LogP contribution in [0.15, 0.2) is 12.1 Å². The predicted molar refractivity (Wildman–Crippen MR) is 65.5 cm³/mol. The van der Waals surface area contributed by atoms with Gasteiger partial charge in [0.1, 0.15) is 0 Å². The van der Waals surface area contributed by atoms with E-state index in [4.69, 9.17) is 9.84 Å². The van der Waals surface area contributed by atoms with Crippen molar-refractivity contribution in [3.05, 3.63) is 29.3 Å². The first-order chi connectivity index (χ1) is 8.91. The Balaban J connectivity index is 2.40. The third kappa shape index (κ3) is 2.53. The summed E-state index contributed by atoms with van der Waals surface area (Å²) in [4.78, 5) is 12.4. The smallest absolute Gasteiger partial charge is 0.338 e. The Morgan fingerprint density at radius 3 is 2.68 bits per heavy atom. The number of carbonyl (C=O) groups is 1. The molecule has 6 heteroatoms. The molecule has 1 saturated heterocycles. The van der Waals surface area contributed by atoms with Gasteiger partial charge in [-0.15, -0.1) is 0 Å². The number of aromatic carboxylic acids is 1. The lowest BCUT2D eigenvalue weighted by Crippen LogP contribution is -2.47. The molecule has 1 aromatic carbocycles. The summed E-state index contributed by atoms with van der Waals surface area (Å²) in [6, 6.07) is 2.29. The van der Waals surface area contributed by atoms with Crippen molar-refractivity contribution < 1.29 is 23.4 Å². The van der Waals surface area contributed by atoms with Crippen LogP contribution < -0.4 is 4.90 Å². The summed E-state index contributed by atoms with van der Waals surface area (Å²) in [5.41, 5.74) is -0.583. The fourth-order valence-electron chi connectivity index (χ4n) is 2.17. The number of anilines is 1. The largest absolute Gasteiger partial charge is 0.478 e. The Morgan fingerprint density at radius 1 is 1.37 bits per heavy atom. The minimum atomic E-state index is -1.48. The molecule has 104 valence electrons. The van der Waals surface area contributed by atoms with Crippen molar-refractivity contribution in [1.29, 1.82) is 0 Å². The minimum absolute atomic E-state index is 0.0742. The highest BCUT2D eigenvalue weighted by Gasteiger charge is 2.28. The first-order valence-corrected chi connectivity index (χ1v) is 6.01. The van der Waals surface area contributed by atoms with Crippen LogP contribution in [0.2, 0.25) is 0 Å². The number of hydrogen-bond donors (Lipinski definition) is 1. The maximum atomic E-state index is 14.0. The van der Waals surface area contributed by atoms with Gasteiger partial charge in [0.25, 0.3) is 0 Å². The second kappa shape index (κ2) is 5.13. The second-order valence-corrected chi connectivity index (χ2v) is 4.71. The Labute approximate surface area is 109 Å². The summed E-state index contributed by atoms with van der Waals surface area (Å²) in [6.07, 6.45) is -0.0854. The molecule has 2 unspecified atom stereocenters. The predicted octanol–water partition coefficient (Wildman–Crippen LogP) is 2.28. The van der Waals surface area contributed by atoms with E-state index >= 15 is 0 Å². The van der Waals surface area contributed by atoms with Crippen LogP contribution in [0.25, 0.3) is 0 Å². The molecule has 1 aliphatic heterocycles. The van der Waals surface area contributed by atoms with Crippen LogP contribution >= 0.6 is 0 Å². The van der Waals surface area contributed by atoms with Gasteiger partial charge in [-0.1, -0.05) is 0 Å². The van der Waals surface area contributed by atoms with Crippen LogP contribution in [0.1, 0.15) is 24.2 Å². The highest BCUT2D eigenvalue weighted by Crippen LogP contribution is 2.28. The van der Waals surface area contributed by atoms with E-state index in [0.717, 1.165) is 6.07 Å². The molecule has 0 saturated carbocycles. The monoisotopic (exact) mass is 271 g/mol. The summed E-state index contributed by atoms with van der Waals surface area (Å²) in [6.45, 7) is 4.54. The van der Waals surface area contributed by atoms with Crippen molar-refractivity contribution in [3.8, 4) is 0 Å². The molecule has 1 aromatic rings. The van der Waals surface area contributed by atoms with Crippen molar-refractivity contribution in [2.45, 2.75) is 26.0 Å². The van der Waals surface area contributed by atoms with Crippen LogP contribution in [0.5, 0.6) is 0 Å². The zero-order valence-corrected chi connectivity index (χ0v) is 10.7. The number of nitrogens with zero attached hydrogens (tertiary/aromatic N) is 1. The molecule has 4 nitrogen and oxygen atoms in total. The van der Waals surface area contributed by atoms with Crippen LogP contribution in [0.4, 0.5) is 14.5 Å². The summed E-state index contributed by atoms with van der Waals surface area (Å²) in [5.74, 6) is -3.93. The Morgan fingerprint density at radius 2 is 2.05 bits per heavy atom. The van der Waals surface area contributed by atoms with Gasteiger partial charge in [0.2, 0.25) is 0 Å². The maximum Gasteiger partial charge on any atom is 0.338 e. The quantitative estimate of drug-likeness (QED) is 0.896. The van der Waals surface area contributed by atoms with Gasteiger partial charge in [-0.05, 0) is 26.0 Å². The van der Waals surface area contributed by atoms with E-state index in [-0.39, 0.29) is 17.8 Å². The van der Waals surface area contributed by atoms with Gasteiger partial charge in [0.15, 0.2) is 11.6 Å².